The predicted molar refractivity (Wildman–Crippen MR) is 51.2 cm³/mol. The molecular weight excluding hydrogens is 166 g/mol. The normalized spacial score (nSPS) is 17.4. The van der Waals surface area contributed by atoms with E-state index in [1.54, 1.807) is 11.3 Å². The summed E-state index contributed by atoms with van der Waals surface area (Å²) in [5.41, 5.74) is 6.44. The molecule has 0 radical (unpaired) electrons. The van der Waals surface area contributed by atoms with E-state index in [0.29, 0.717) is 5.69 Å². The van der Waals surface area contributed by atoms with Crippen LogP contribution in [0.2, 0.25) is 0 Å². The molecule has 1 aliphatic heterocycles. The van der Waals surface area contributed by atoms with Crippen LogP contribution in [-0.4, -0.2) is 18.1 Å². The summed E-state index contributed by atoms with van der Waals surface area (Å²) < 4.78 is 0. The molecule has 0 atom stereocenters. The minimum Gasteiger partial charge on any atom is -0.396 e. The van der Waals surface area contributed by atoms with Crippen molar-refractivity contribution in [1.29, 1.82) is 0 Å². The molecule has 1 aromatic heterocycles. The number of hydrogen-bond acceptors (Lipinski definition) is 4. The summed E-state index contributed by atoms with van der Waals surface area (Å²) in [5.74, 6) is 0.738. The van der Waals surface area contributed by atoms with Gasteiger partial charge in [0.15, 0.2) is 5.82 Å². The summed E-state index contributed by atoms with van der Waals surface area (Å²) in [7, 11) is 0. The third-order valence-electron chi connectivity index (χ3n) is 2.06. The molecule has 4 heteroatoms. The molecular formula is C9H13N3O. The molecule has 2 heterocycles. The predicted octanol–water partition coefficient (Wildman–Crippen LogP) is 1.20. The van der Waals surface area contributed by atoms with Crippen LogP contribution in [0.15, 0.2) is 18.3 Å². The number of hydroxylamine groups is 1. The van der Waals surface area contributed by atoms with Gasteiger partial charge in [-0.15, -0.1) is 0 Å². The molecule has 2 N–H and O–H groups in total. The highest BCUT2D eigenvalue weighted by Gasteiger charge is 2.14. The van der Waals surface area contributed by atoms with Crippen LogP contribution in [-0.2, 0) is 4.84 Å². The SMILES string of the molecule is Nc1cccnc1N1CCCCO1. The Labute approximate surface area is 77.3 Å². The molecule has 1 aliphatic rings. The van der Waals surface area contributed by atoms with Crippen LogP contribution < -0.4 is 10.8 Å². The van der Waals surface area contributed by atoms with Crippen molar-refractivity contribution in [2.75, 3.05) is 23.9 Å². The van der Waals surface area contributed by atoms with Crippen molar-refractivity contribution in [1.82, 2.24) is 4.98 Å². The topological polar surface area (TPSA) is 51.4 Å². The Bertz CT molecular complexity index is 284. The molecule has 70 valence electrons. The van der Waals surface area contributed by atoms with E-state index < -0.39 is 0 Å². The van der Waals surface area contributed by atoms with Gasteiger partial charge in [0.25, 0.3) is 0 Å². The fourth-order valence-electron chi connectivity index (χ4n) is 1.38. The smallest absolute Gasteiger partial charge is 0.175 e. The summed E-state index contributed by atoms with van der Waals surface area (Å²) in [6, 6.07) is 3.66. The lowest BCUT2D eigenvalue weighted by Crippen LogP contribution is -2.31. The number of anilines is 2. The Hall–Kier alpha value is -1.29. The molecule has 1 aromatic rings. The second-order valence-corrected chi connectivity index (χ2v) is 3.06. The number of rotatable bonds is 1. The molecule has 0 saturated carbocycles. The molecule has 4 nitrogen and oxygen atoms in total. The van der Waals surface area contributed by atoms with E-state index in [9.17, 15) is 0 Å². The van der Waals surface area contributed by atoms with Gasteiger partial charge in [0, 0.05) is 12.7 Å². The monoisotopic (exact) mass is 179 g/mol. The lowest BCUT2D eigenvalue weighted by Gasteiger charge is -2.27. The maximum absolute atomic E-state index is 5.77. The van der Waals surface area contributed by atoms with Gasteiger partial charge in [-0.05, 0) is 25.0 Å². The first-order valence-corrected chi connectivity index (χ1v) is 4.49. The summed E-state index contributed by atoms with van der Waals surface area (Å²) in [4.78, 5) is 9.61. The summed E-state index contributed by atoms with van der Waals surface area (Å²) in [6.07, 6.45) is 3.98. The number of aromatic nitrogens is 1. The Morgan fingerprint density at radius 2 is 2.38 bits per heavy atom. The summed E-state index contributed by atoms with van der Waals surface area (Å²) >= 11 is 0. The van der Waals surface area contributed by atoms with Crippen LogP contribution in [0.1, 0.15) is 12.8 Å². The third-order valence-corrected chi connectivity index (χ3v) is 2.06. The van der Waals surface area contributed by atoms with Gasteiger partial charge in [-0.25, -0.2) is 10.0 Å². The lowest BCUT2D eigenvalue weighted by molar-refractivity contribution is 0.0764. The van der Waals surface area contributed by atoms with Crippen molar-refractivity contribution in [3.63, 3.8) is 0 Å². The van der Waals surface area contributed by atoms with E-state index in [-0.39, 0.29) is 0 Å². The quantitative estimate of drug-likeness (QED) is 0.703. The molecule has 0 aromatic carbocycles. The second-order valence-electron chi connectivity index (χ2n) is 3.06. The molecule has 2 rings (SSSR count). The molecule has 1 fully saturated rings. The van der Waals surface area contributed by atoms with E-state index in [2.05, 4.69) is 4.98 Å². The van der Waals surface area contributed by atoms with Crippen molar-refractivity contribution >= 4 is 11.5 Å². The van der Waals surface area contributed by atoms with E-state index in [1.807, 2.05) is 12.1 Å². The Morgan fingerprint density at radius 3 is 3.08 bits per heavy atom. The van der Waals surface area contributed by atoms with Crippen LogP contribution in [0.4, 0.5) is 11.5 Å². The molecule has 0 aliphatic carbocycles. The first kappa shape index (κ1) is 8.31. The zero-order valence-electron chi connectivity index (χ0n) is 7.44. The third kappa shape index (κ3) is 1.72. The van der Waals surface area contributed by atoms with Gasteiger partial charge >= 0.3 is 0 Å². The molecule has 0 unspecified atom stereocenters. The number of nitrogens with two attached hydrogens (primary N) is 1. The first-order valence-electron chi connectivity index (χ1n) is 4.49. The average molecular weight is 179 g/mol. The standard InChI is InChI=1S/C9H13N3O/c10-8-4-3-5-11-9(8)12-6-1-2-7-13-12/h3-5H,1-2,6-7,10H2. The highest BCUT2D eigenvalue weighted by atomic mass is 16.7. The Morgan fingerprint density at radius 1 is 1.46 bits per heavy atom. The summed E-state index contributed by atoms with van der Waals surface area (Å²) in [6.45, 7) is 1.64. The minimum atomic E-state index is 0.671. The average Bonchev–Trinajstić information content (AvgIpc) is 2.20. The molecule has 0 spiro atoms. The highest BCUT2D eigenvalue weighted by Crippen LogP contribution is 2.21. The van der Waals surface area contributed by atoms with Gasteiger partial charge in [0.2, 0.25) is 0 Å². The molecule has 0 amide bonds. The second kappa shape index (κ2) is 3.62. The van der Waals surface area contributed by atoms with Gasteiger partial charge in [-0.1, -0.05) is 0 Å². The maximum Gasteiger partial charge on any atom is 0.175 e. The van der Waals surface area contributed by atoms with Crippen LogP contribution in [0.5, 0.6) is 0 Å². The summed E-state index contributed by atoms with van der Waals surface area (Å²) in [5, 5.41) is 1.78. The van der Waals surface area contributed by atoms with Crippen molar-refractivity contribution in [2.45, 2.75) is 12.8 Å². The van der Waals surface area contributed by atoms with Gasteiger partial charge in [-0.3, -0.25) is 4.84 Å². The van der Waals surface area contributed by atoms with E-state index in [0.717, 1.165) is 31.8 Å². The Balaban J connectivity index is 2.18. The van der Waals surface area contributed by atoms with Gasteiger partial charge < -0.3 is 5.73 Å². The lowest BCUT2D eigenvalue weighted by atomic mass is 10.3. The van der Waals surface area contributed by atoms with Crippen molar-refractivity contribution < 1.29 is 4.84 Å². The van der Waals surface area contributed by atoms with Gasteiger partial charge in [-0.2, -0.15) is 0 Å². The Kier molecular flexibility index (Phi) is 2.31. The number of hydrogen-bond donors (Lipinski definition) is 1. The fraction of sp³-hybridized carbons (Fsp3) is 0.444. The number of nitrogen functional groups attached to an aromatic ring is 1. The van der Waals surface area contributed by atoms with Gasteiger partial charge in [0.05, 0.1) is 12.3 Å². The minimum absolute atomic E-state index is 0.671. The van der Waals surface area contributed by atoms with Crippen LogP contribution in [0.3, 0.4) is 0 Å². The van der Waals surface area contributed by atoms with Crippen molar-refractivity contribution in [2.24, 2.45) is 0 Å². The van der Waals surface area contributed by atoms with E-state index in [4.69, 9.17) is 10.6 Å². The van der Waals surface area contributed by atoms with Crippen molar-refractivity contribution in [3.8, 4) is 0 Å². The zero-order chi connectivity index (χ0) is 9.10. The maximum atomic E-state index is 5.77. The molecule has 0 bridgehead atoms. The largest absolute Gasteiger partial charge is 0.396 e. The number of pyridine rings is 1. The number of nitrogens with zero attached hydrogens (tertiary/aromatic N) is 2. The van der Waals surface area contributed by atoms with Crippen LogP contribution in [0, 0.1) is 0 Å². The fourth-order valence-corrected chi connectivity index (χ4v) is 1.38. The molecule has 1 saturated heterocycles. The van der Waals surface area contributed by atoms with Crippen LogP contribution in [0.25, 0.3) is 0 Å². The van der Waals surface area contributed by atoms with Crippen LogP contribution >= 0.6 is 0 Å². The zero-order valence-corrected chi connectivity index (χ0v) is 7.44. The first-order chi connectivity index (χ1) is 6.38. The highest BCUT2D eigenvalue weighted by molar-refractivity contribution is 5.60. The van der Waals surface area contributed by atoms with Gasteiger partial charge in [0.1, 0.15) is 0 Å². The van der Waals surface area contributed by atoms with E-state index >= 15 is 0 Å². The molecule has 13 heavy (non-hydrogen) atoms. The van der Waals surface area contributed by atoms with Crippen molar-refractivity contribution in [3.05, 3.63) is 18.3 Å². The van der Waals surface area contributed by atoms with E-state index in [1.165, 1.54) is 0 Å².